The molecular weight excluding hydrogens is 469 g/mol. The quantitative estimate of drug-likeness (QED) is 0.352. The maximum atomic E-state index is 12.2. The van der Waals surface area contributed by atoms with Crippen molar-refractivity contribution >= 4 is 52.1 Å². The van der Waals surface area contributed by atoms with E-state index in [4.69, 9.17) is 25.8 Å². The van der Waals surface area contributed by atoms with Crippen LogP contribution in [0.2, 0.25) is 5.02 Å². The molecule has 0 aliphatic carbocycles. The van der Waals surface area contributed by atoms with Crippen molar-refractivity contribution in [3.05, 3.63) is 61.8 Å². The molecule has 0 bridgehead atoms. The van der Waals surface area contributed by atoms with Crippen molar-refractivity contribution in [1.82, 2.24) is 0 Å². The molecule has 7 heteroatoms. The van der Waals surface area contributed by atoms with Crippen molar-refractivity contribution in [2.45, 2.75) is 6.92 Å². The Morgan fingerprint density at radius 3 is 2.77 bits per heavy atom. The summed E-state index contributed by atoms with van der Waals surface area (Å²) in [5.41, 5.74) is 1.52. The molecule has 26 heavy (non-hydrogen) atoms. The Morgan fingerprint density at radius 1 is 1.23 bits per heavy atom. The van der Waals surface area contributed by atoms with Gasteiger partial charge in [-0.1, -0.05) is 17.7 Å². The molecule has 0 saturated carbocycles. The normalized spacial score (nSPS) is 15.0. The largest absolute Gasteiger partial charge is 0.493 e. The van der Waals surface area contributed by atoms with E-state index in [0.29, 0.717) is 28.7 Å². The number of methoxy groups -OCH3 is 1. The minimum atomic E-state index is -0.525. The number of hydrogen-bond donors (Lipinski definition) is 0. The second-order valence-corrected chi connectivity index (χ2v) is 6.96. The second-order valence-electron chi connectivity index (χ2n) is 5.30. The lowest BCUT2D eigenvalue weighted by Crippen LogP contribution is -2.06. The van der Waals surface area contributed by atoms with Gasteiger partial charge in [-0.3, -0.25) is 0 Å². The highest BCUT2D eigenvalue weighted by Crippen LogP contribution is 2.30. The van der Waals surface area contributed by atoms with Gasteiger partial charge in [0.25, 0.3) is 0 Å². The van der Waals surface area contributed by atoms with Gasteiger partial charge in [0, 0.05) is 3.57 Å². The van der Waals surface area contributed by atoms with Crippen LogP contribution in [0, 0.1) is 3.57 Å². The lowest BCUT2D eigenvalue weighted by molar-refractivity contribution is -0.129. The fourth-order valence-electron chi connectivity index (χ4n) is 2.39. The van der Waals surface area contributed by atoms with Crippen molar-refractivity contribution in [3.8, 4) is 11.5 Å². The first-order valence-corrected chi connectivity index (χ1v) is 9.26. The van der Waals surface area contributed by atoms with Crippen LogP contribution in [0.25, 0.3) is 6.08 Å². The Kier molecular flexibility index (Phi) is 5.83. The van der Waals surface area contributed by atoms with Gasteiger partial charge in [-0.2, -0.15) is 0 Å². The van der Waals surface area contributed by atoms with E-state index < -0.39 is 5.97 Å². The molecule has 0 unspecified atom stereocenters. The molecule has 2 aromatic rings. The first-order valence-electron chi connectivity index (χ1n) is 7.80. The maximum absolute atomic E-state index is 12.2. The number of carbonyl (C=O) groups excluding carboxylic acids is 1. The summed E-state index contributed by atoms with van der Waals surface area (Å²) in [6, 6.07) is 10.8. The smallest absolute Gasteiger partial charge is 0.363 e. The van der Waals surface area contributed by atoms with Crippen molar-refractivity contribution in [2.75, 3.05) is 13.7 Å². The van der Waals surface area contributed by atoms with E-state index >= 15 is 0 Å². The summed E-state index contributed by atoms with van der Waals surface area (Å²) in [5, 5.41) is 0.473. The molecule has 3 rings (SSSR count). The Hall–Kier alpha value is -2.06. The van der Waals surface area contributed by atoms with Gasteiger partial charge in [0.1, 0.15) is 0 Å². The molecular formula is C19H15ClINO4. The Balaban J connectivity index is 1.95. The predicted molar refractivity (Wildman–Crippen MR) is 109 cm³/mol. The lowest BCUT2D eigenvalue weighted by atomic mass is 10.1. The summed E-state index contributed by atoms with van der Waals surface area (Å²) < 4.78 is 17.1. The van der Waals surface area contributed by atoms with Crippen LogP contribution in [0.4, 0.5) is 0 Å². The van der Waals surface area contributed by atoms with Crippen LogP contribution in [0.1, 0.15) is 18.1 Å². The van der Waals surface area contributed by atoms with E-state index in [1.807, 2.05) is 25.1 Å². The van der Waals surface area contributed by atoms with Crippen molar-refractivity contribution in [1.29, 1.82) is 0 Å². The van der Waals surface area contributed by atoms with Gasteiger partial charge in [-0.25, -0.2) is 9.79 Å². The Bertz CT molecular complexity index is 924. The van der Waals surface area contributed by atoms with Gasteiger partial charge < -0.3 is 14.2 Å². The monoisotopic (exact) mass is 483 g/mol. The molecule has 134 valence electrons. The molecule has 0 N–H and O–H groups in total. The van der Waals surface area contributed by atoms with E-state index in [2.05, 4.69) is 27.6 Å². The van der Waals surface area contributed by atoms with Crippen LogP contribution in [-0.4, -0.2) is 25.6 Å². The van der Waals surface area contributed by atoms with Crippen molar-refractivity contribution in [3.63, 3.8) is 0 Å². The summed E-state index contributed by atoms with van der Waals surface area (Å²) in [7, 11) is 1.56. The fourth-order valence-corrected chi connectivity index (χ4v) is 3.08. The van der Waals surface area contributed by atoms with Crippen LogP contribution in [0.3, 0.4) is 0 Å². The van der Waals surface area contributed by atoms with Crippen molar-refractivity contribution in [2.24, 2.45) is 4.99 Å². The fraction of sp³-hybridized carbons (Fsp3) is 0.158. The highest BCUT2D eigenvalue weighted by atomic mass is 127. The summed E-state index contributed by atoms with van der Waals surface area (Å²) in [5.74, 6) is 0.892. The number of hydrogen-bond acceptors (Lipinski definition) is 5. The first-order chi connectivity index (χ1) is 12.5. The minimum Gasteiger partial charge on any atom is -0.493 e. The summed E-state index contributed by atoms with van der Waals surface area (Å²) >= 11 is 8.35. The molecule has 1 aliphatic heterocycles. The molecule has 2 aromatic carbocycles. The number of esters is 1. The molecule has 0 amide bonds. The van der Waals surface area contributed by atoms with Gasteiger partial charge in [-0.05, 0) is 71.5 Å². The zero-order chi connectivity index (χ0) is 18.7. The minimum absolute atomic E-state index is 0.196. The topological polar surface area (TPSA) is 57.1 Å². The van der Waals surface area contributed by atoms with Crippen LogP contribution >= 0.6 is 34.2 Å². The zero-order valence-corrected chi connectivity index (χ0v) is 17.0. The average molecular weight is 484 g/mol. The lowest BCUT2D eigenvalue weighted by Gasteiger charge is -2.09. The molecule has 0 saturated heterocycles. The molecule has 0 aromatic heterocycles. The Labute approximate surface area is 169 Å². The van der Waals surface area contributed by atoms with Crippen LogP contribution in [0.5, 0.6) is 11.5 Å². The third-order valence-electron chi connectivity index (χ3n) is 3.57. The van der Waals surface area contributed by atoms with Gasteiger partial charge in [-0.15, -0.1) is 0 Å². The molecule has 5 nitrogen and oxygen atoms in total. The van der Waals surface area contributed by atoms with Crippen molar-refractivity contribution < 1.29 is 19.0 Å². The third kappa shape index (κ3) is 4.02. The molecule has 1 aliphatic rings. The molecule has 0 spiro atoms. The number of ether oxygens (including phenoxy) is 3. The first kappa shape index (κ1) is 18.7. The number of benzene rings is 2. The van der Waals surface area contributed by atoms with Gasteiger partial charge in [0.05, 0.1) is 24.3 Å². The number of cyclic esters (lactones) is 1. The Morgan fingerprint density at radius 2 is 2.04 bits per heavy atom. The molecule has 0 fully saturated rings. The van der Waals surface area contributed by atoms with Crippen LogP contribution in [-0.2, 0) is 9.53 Å². The standard InChI is InChI=1S/C19H15ClINO4/c1-3-25-16-7-4-11(9-17(16)24-2)8-15-19(23)26-18(22-15)13-10-12(21)5-6-14(13)20/h4-10H,3H2,1-2H3/b15-8-. The van der Waals surface area contributed by atoms with Gasteiger partial charge in [0.2, 0.25) is 5.90 Å². The predicted octanol–water partition coefficient (Wildman–Crippen LogP) is 4.70. The number of aliphatic imine (C=N–C) groups is 1. The van der Waals surface area contributed by atoms with Gasteiger partial charge in [0.15, 0.2) is 17.2 Å². The number of carbonyl (C=O) groups is 1. The summed E-state index contributed by atoms with van der Waals surface area (Å²) in [4.78, 5) is 16.5. The third-order valence-corrected chi connectivity index (χ3v) is 4.57. The van der Waals surface area contributed by atoms with E-state index in [-0.39, 0.29) is 11.6 Å². The zero-order valence-electron chi connectivity index (χ0n) is 14.1. The summed E-state index contributed by atoms with van der Waals surface area (Å²) in [6.45, 7) is 2.43. The highest BCUT2D eigenvalue weighted by Gasteiger charge is 2.26. The van der Waals surface area contributed by atoms with E-state index in [1.54, 1.807) is 31.4 Å². The van der Waals surface area contributed by atoms with E-state index in [1.165, 1.54) is 0 Å². The van der Waals surface area contributed by atoms with Crippen LogP contribution in [0.15, 0.2) is 47.1 Å². The molecule has 0 radical (unpaired) electrons. The highest BCUT2D eigenvalue weighted by molar-refractivity contribution is 14.1. The number of halogens is 2. The summed E-state index contributed by atoms with van der Waals surface area (Å²) in [6.07, 6.45) is 1.63. The molecule has 0 atom stereocenters. The average Bonchev–Trinajstić information content (AvgIpc) is 2.99. The maximum Gasteiger partial charge on any atom is 0.363 e. The second kappa shape index (κ2) is 8.09. The number of rotatable bonds is 5. The van der Waals surface area contributed by atoms with E-state index in [9.17, 15) is 4.79 Å². The molecule has 1 heterocycles. The van der Waals surface area contributed by atoms with Gasteiger partial charge >= 0.3 is 5.97 Å². The van der Waals surface area contributed by atoms with E-state index in [0.717, 1.165) is 9.13 Å². The SMILES string of the molecule is CCOc1ccc(/C=C2\N=C(c3cc(I)ccc3Cl)OC2=O)cc1OC. The number of nitrogens with zero attached hydrogens (tertiary/aromatic N) is 1. The van der Waals surface area contributed by atoms with Crippen LogP contribution < -0.4 is 9.47 Å².